The predicted octanol–water partition coefficient (Wildman–Crippen LogP) is 6.22. The van der Waals surface area contributed by atoms with E-state index in [2.05, 4.69) is 31.2 Å². The molecule has 0 amide bonds. The maximum absolute atomic E-state index is 6.30. The molecule has 31 heavy (non-hydrogen) atoms. The first-order chi connectivity index (χ1) is 15.1. The van der Waals surface area contributed by atoms with Gasteiger partial charge in [0.1, 0.15) is 5.69 Å². The van der Waals surface area contributed by atoms with Gasteiger partial charge < -0.3 is 9.47 Å². The molecule has 5 aromatic rings. The molecule has 5 nitrogen and oxygen atoms in total. The van der Waals surface area contributed by atoms with E-state index in [0.29, 0.717) is 16.5 Å². The molecule has 0 aliphatic carbocycles. The van der Waals surface area contributed by atoms with E-state index in [1.165, 1.54) is 5.56 Å². The molecule has 3 aromatic carbocycles. The standard InChI is InChI=1S/C25H20ClN3O2/c1-15-7-9-16(10-8-15)24-20-14-27-21-13-23(31-3)22(30-2)12-19(21)25(20)29(28-24)18-6-4-5-17(26)11-18/h4-14H,1-3H3. The van der Waals surface area contributed by atoms with Crippen molar-refractivity contribution in [1.29, 1.82) is 0 Å². The molecule has 0 aliphatic rings. The van der Waals surface area contributed by atoms with Gasteiger partial charge in [-0.1, -0.05) is 47.5 Å². The Bertz CT molecular complexity index is 1420. The smallest absolute Gasteiger partial charge is 0.162 e. The van der Waals surface area contributed by atoms with Crippen LogP contribution in [0.2, 0.25) is 5.02 Å². The van der Waals surface area contributed by atoms with E-state index in [-0.39, 0.29) is 0 Å². The largest absolute Gasteiger partial charge is 0.493 e. The zero-order valence-electron chi connectivity index (χ0n) is 17.4. The Balaban J connectivity index is 1.90. The highest BCUT2D eigenvalue weighted by molar-refractivity contribution is 6.30. The van der Waals surface area contributed by atoms with Crippen molar-refractivity contribution >= 4 is 33.4 Å². The van der Waals surface area contributed by atoms with Crippen molar-refractivity contribution in [2.75, 3.05) is 14.2 Å². The van der Waals surface area contributed by atoms with Gasteiger partial charge in [0.15, 0.2) is 11.5 Å². The molecule has 0 radical (unpaired) electrons. The fourth-order valence-corrected chi connectivity index (χ4v) is 4.01. The zero-order valence-corrected chi connectivity index (χ0v) is 18.1. The lowest BCUT2D eigenvalue weighted by Gasteiger charge is -2.11. The molecule has 154 valence electrons. The third-order valence-electron chi connectivity index (χ3n) is 5.39. The highest BCUT2D eigenvalue weighted by Crippen LogP contribution is 2.38. The molecule has 0 atom stereocenters. The van der Waals surface area contributed by atoms with E-state index in [1.54, 1.807) is 14.2 Å². The van der Waals surface area contributed by atoms with Gasteiger partial charge in [-0.2, -0.15) is 5.10 Å². The van der Waals surface area contributed by atoms with Gasteiger partial charge in [0.25, 0.3) is 0 Å². The number of pyridine rings is 1. The number of nitrogens with zero attached hydrogens (tertiary/aromatic N) is 3. The van der Waals surface area contributed by atoms with Crippen LogP contribution in [0.4, 0.5) is 0 Å². The molecule has 5 rings (SSSR count). The van der Waals surface area contributed by atoms with Crippen LogP contribution in [0.1, 0.15) is 5.56 Å². The Morgan fingerprint density at radius 3 is 2.32 bits per heavy atom. The fraction of sp³-hybridized carbons (Fsp3) is 0.120. The summed E-state index contributed by atoms with van der Waals surface area (Å²) in [7, 11) is 3.25. The van der Waals surface area contributed by atoms with Crippen molar-refractivity contribution in [2.24, 2.45) is 0 Å². The summed E-state index contributed by atoms with van der Waals surface area (Å²) in [6, 6.07) is 19.8. The van der Waals surface area contributed by atoms with Crippen LogP contribution in [-0.2, 0) is 0 Å². The Labute approximate surface area is 184 Å². The Kier molecular flexibility index (Phi) is 4.75. The highest BCUT2D eigenvalue weighted by atomic mass is 35.5. The lowest BCUT2D eigenvalue weighted by molar-refractivity contribution is 0.356. The molecule has 0 aliphatic heterocycles. The van der Waals surface area contributed by atoms with Gasteiger partial charge in [-0.25, -0.2) is 4.68 Å². The molecule has 0 saturated carbocycles. The van der Waals surface area contributed by atoms with Crippen LogP contribution < -0.4 is 9.47 Å². The molecule has 0 bridgehead atoms. The maximum Gasteiger partial charge on any atom is 0.162 e. The second-order valence-corrected chi connectivity index (χ2v) is 7.79. The van der Waals surface area contributed by atoms with Crippen LogP contribution in [0.15, 0.2) is 66.9 Å². The summed E-state index contributed by atoms with van der Waals surface area (Å²) < 4.78 is 12.9. The van der Waals surface area contributed by atoms with Gasteiger partial charge in [-0.3, -0.25) is 4.98 Å². The summed E-state index contributed by atoms with van der Waals surface area (Å²) in [5, 5.41) is 7.51. The second-order valence-electron chi connectivity index (χ2n) is 7.35. The first-order valence-corrected chi connectivity index (χ1v) is 10.2. The lowest BCUT2D eigenvalue weighted by Crippen LogP contribution is -1.98. The zero-order chi connectivity index (χ0) is 21.5. The van der Waals surface area contributed by atoms with Crippen LogP contribution in [0.25, 0.3) is 38.8 Å². The topological polar surface area (TPSA) is 49.2 Å². The summed E-state index contributed by atoms with van der Waals surface area (Å²) in [5.41, 5.74) is 5.69. The summed E-state index contributed by atoms with van der Waals surface area (Å²) >= 11 is 6.30. The monoisotopic (exact) mass is 429 g/mol. The minimum atomic E-state index is 0.634. The number of hydrogen-bond donors (Lipinski definition) is 0. The molecular formula is C25H20ClN3O2. The van der Waals surface area contributed by atoms with Crippen LogP contribution in [0, 0.1) is 6.92 Å². The van der Waals surface area contributed by atoms with Crippen LogP contribution in [-0.4, -0.2) is 29.0 Å². The number of aryl methyl sites for hydroxylation is 1. The van der Waals surface area contributed by atoms with Crippen molar-refractivity contribution in [2.45, 2.75) is 6.92 Å². The number of rotatable bonds is 4. The van der Waals surface area contributed by atoms with E-state index in [4.69, 9.17) is 31.2 Å². The van der Waals surface area contributed by atoms with Crippen LogP contribution in [0.3, 0.4) is 0 Å². The van der Waals surface area contributed by atoms with Crippen LogP contribution >= 0.6 is 11.6 Å². The predicted molar refractivity (Wildman–Crippen MR) is 125 cm³/mol. The number of aromatic nitrogens is 3. The van der Waals surface area contributed by atoms with Gasteiger partial charge in [0, 0.05) is 33.6 Å². The quantitative estimate of drug-likeness (QED) is 0.340. The third-order valence-corrected chi connectivity index (χ3v) is 5.62. The first-order valence-electron chi connectivity index (χ1n) is 9.85. The minimum Gasteiger partial charge on any atom is -0.493 e. The molecule has 6 heteroatoms. The molecule has 2 heterocycles. The van der Waals surface area contributed by atoms with Crippen molar-refractivity contribution in [1.82, 2.24) is 14.8 Å². The van der Waals surface area contributed by atoms with Gasteiger partial charge in [0.2, 0.25) is 0 Å². The fourth-order valence-electron chi connectivity index (χ4n) is 3.83. The molecule has 0 unspecified atom stereocenters. The lowest BCUT2D eigenvalue weighted by atomic mass is 10.1. The summed E-state index contributed by atoms with van der Waals surface area (Å²) in [4.78, 5) is 4.71. The summed E-state index contributed by atoms with van der Waals surface area (Å²) in [6.07, 6.45) is 1.87. The number of halogens is 1. The van der Waals surface area contributed by atoms with Gasteiger partial charge in [-0.05, 0) is 31.2 Å². The maximum atomic E-state index is 6.30. The van der Waals surface area contributed by atoms with Crippen molar-refractivity contribution < 1.29 is 9.47 Å². The molecule has 0 N–H and O–H groups in total. The average Bonchev–Trinajstić information content (AvgIpc) is 3.18. The van der Waals surface area contributed by atoms with Gasteiger partial charge in [0.05, 0.1) is 30.9 Å². The number of benzene rings is 3. The Morgan fingerprint density at radius 2 is 1.61 bits per heavy atom. The molecule has 0 spiro atoms. The Hall–Kier alpha value is -3.57. The van der Waals surface area contributed by atoms with E-state index in [9.17, 15) is 0 Å². The number of hydrogen-bond acceptors (Lipinski definition) is 4. The molecular weight excluding hydrogens is 410 g/mol. The second kappa shape index (κ2) is 7.60. The van der Waals surface area contributed by atoms with Crippen LogP contribution in [0.5, 0.6) is 11.5 Å². The van der Waals surface area contributed by atoms with Crippen molar-refractivity contribution in [3.63, 3.8) is 0 Å². The number of methoxy groups -OCH3 is 2. The van der Waals surface area contributed by atoms with E-state index in [1.807, 2.05) is 47.3 Å². The minimum absolute atomic E-state index is 0.634. The first kappa shape index (κ1) is 19.4. The van der Waals surface area contributed by atoms with E-state index in [0.717, 1.165) is 38.8 Å². The normalized spacial score (nSPS) is 11.2. The Morgan fingerprint density at radius 1 is 0.871 bits per heavy atom. The van der Waals surface area contributed by atoms with Crippen molar-refractivity contribution in [3.8, 4) is 28.4 Å². The summed E-state index contributed by atoms with van der Waals surface area (Å²) in [6.45, 7) is 2.07. The van der Waals surface area contributed by atoms with E-state index >= 15 is 0 Å². The van der Waals surface area contributed by atoms with Gasteiger partial charge in [-0.15, -0.1) is 0 Å². The average molecular weight is 430 g/mol. The third kappa shape index (κ3) is 3.27. The van der Waals surface area contributed by atoms with Gasteiger partial charge >= 0.3 is 0 Å². The highest BCUT2D eigenvalue weighted by Gasteiger charge is 2.19. The summed E-state index contributed by atoms with van der Waals surface area (Å²) in [5.74, 6) is 1.27. The SMILES string of the molecule is COc1cc2ncc3c(-c4ccc(C)cc4)nn(-c4cccc(Cl)c4)c3c2cc1OC. The molecule has 2 aromatic heterocycles. The number of ether oxygens (including phenoxy) is 2. The van der Waals surface area contributed by atoms with Crippen molar-refractivity contribution in [3.05, 3.63) is 77.4 Å². The number of fused-ring (bicyclic) bond motifs is 3. The molecule has 0 saturated heterocycles. The molecule has 0 fully saturated rings. The van der Waals surface area contributed by atoms with E-state index < -0.39 is 0 Å².